The van der Waals surface area contributed by atoms with E-state index in [1.54, 1.807) is 44.6 Å². The Bertz CT molecular complexity index is 891. The lowest BCUT2D eigenvalue weighted by Gasteiger charge is -2.13. The number of Topliss-reactive ketones (excluding diaryl/α,β-unsaturated/α-hetero) is 1. The Morgan fingerprint density at radius 3 is 2.30 bits per heavy atom. The Kier molecular flexibility index (Phi) is 8.41. The minimum absolute atomic E-state index is 0.115. The molecule has 0 fully saturated rings. The largest absolute Gasteiger partial charge is 0.493 e. The molecule has 30 heavy (non-hydrogen) atoms. The first-order chi connectivity index (χ1) is 14.3. The number of carbonyl (C=O) groups is 3. The maximum Gasteiger partial charge on any atom is 0.306 e. The van der Waals surface area contributed by atoms with Crippen LogP contribution >= 0.6 is 0 Å². The molecule has 0 saturated heterocycles. The molecule has 0 aromatic heterocycles. The number of rotatable bonds is 10. The number of hydrogen-bond donors (Lipinski definition) is 1. The molecule has 1 atom stereocenters. The summed E-state index contributed by atoms with van der Waals surface area (Å²) in [6, 6.07) is 12.1. The molecule has 0 aliphatic carbocycles. The molecule has 0 bridgehead atoms. The van der Waals surface area contributed by atoms with Gasteiger partial charge >= 0.3 is 5.97 Å². The van der Waals surface area contributed by atoms with E-state index >= 15 is 0 Å². The summed E-state index contributed by atoms with van der Waals surface area (Å²) in [6.45, 7) is 2.99. The molecule has 160 valence electrons. The van der Waals surface area contributed by atoms with Crippen molar-refractivity contribution in [1.29, 1.82) is 0 Å². The smallest absolute Gasteiger partial charge is 0.306 e. The summed E-state index contributed by atoms with van der Waals surface area (Å²) in [5.74, 6) is 0.290. The van der Waals surface area contributed by atoms with E-state index in [4.69, 9.17) is 14.2 Å². The zero-order chi connectivity index (χ0) is 22.1. The summed E-state index contributed by atoms with van der Waals surface area (Å²) < 4.78 is 15.7. The van der Waals surface area contributed by atoms with Crippen molar-refractivity contribution < 1.29 is 28.6 Å². The van der Waals surface area contributed by atoms with Crippen LogP contribution in [-0.2, 0) is 20.7 Å². The maximum atomic E-state index is 12.3. The van der Waals surface area contributed by atoms with E-state index in [9.17, 15) is 14.4 Å². The summed E-state index contributed by atoms with van der Waals surface area (Å²) in [6.07, 6.45) is 0.521. The fourth-order valence-corrected chi connectivity index (χ4v) is 3.03. The van der Waals surface area contributed by atoms with Gasteiger partial charge in [-0.3, -0.25) is 14.4 Å². The third-order valence-electron chi connectivity index (χ3n) is 4.60. The molecule has 2 aromatic rings. The first kappa shape index (κ1) is 22.9. The first-order valence-electron chi connectivity index (χ1n) is 9.61. The van der Waals surface area contributed by atoms with Crippen molar-refractivity contribution in [3.63, 3.8) is 0 Å². The highest BCUT2D eigenvalue weighted by Gasteiger charge is 2.14. The van der Waals surface area contributed by atoms with Crippen LogP contribution in [0.15, 0.2) is 42.5 Å². The summed E-state index contributed by atoms with van der Waals surface area (Å²) >= 11 is 0. The SMILES string of the molecule is COc1cccc(CCC(=O)OCC(=O)c2ccc([C@@H](C)NC(C)=O)cc2)c1OC. The normalized spacial score (nSPS) is 11.3. The predicted octanol–water partition coefficient (Wildman–Crippen LogP) is 3.26. The van der Waals surface area contributed by atoms with Crippen LogP contribution < -0.4 is 14.8 Å². The quantitative estimate of drug-likeness (QED) is 0.475. The Labute approximate surface area is 176 Å². The van der Waals surface area contributed by atoms with Gasteiger partial charge in [0.05, 0.1) is 20.3 Å². The van der Waals surface area contributed by atoms with Gasteiger partial charge in [0.1, 0.15) is 0 Å². The third-order valence-corrected chi connectivity index (χ3v) is 4.60. The van der Waals surface area contributed by atoms with Crippen LogP contribution in [0.5, 0.6) is 11.5 Å². The van der Waals surface area contributed by atoms with Crippen LogP contribution in [0.1, 0.15) is 47.8 Å². The Morgan fingerprint density at radius 2 is 1.70 bits per heavy atom. The zero-order valence-electron chi connectivity index (χ0n) is 17.7. The number of aryl methyl sites for hydroxylation is 1. The average Bonchev–Trinajstić information content (AvgIpc) is 2.75. The van der Waals surface area contributed by atoms with E-state index in [1.165, 1.54) is 6.92 Å². The topological polar surface area (TPSA) is 90.9 Å². The number of benzene rings is 2. The highest BCUT2D eigenvalue weighted by molar-refractivity contribution is 5.98. The number of amides is 1. The molecule has 1 amide bonds. The second-order valence-corrected chi connectivity index (χ2v) is 6.78. The van der Waals surface area contributed by atoms with Crippen molar-refractivity contribution in [3.05, 3.63) is 59.2 Å². The molecule has 1 N–H and O–H groups in total. The second kappa shape index (κ2) is 11.0. The van der Waals surface area contributed by atoms with E-state index < -0.39 is 5.97 Å². The Morgan fingerprint density at radius 1 is 1.00 bits per heavy atom. The van der Waals surface area contributed by atoms with Crippen molar-refractivity contribution in [2.24, 2.45) is 0 Å². The minimum atomic E-state index is -0.468. The molecule has 0 aliphatic rings. The van der Waals surface area contributed by atoms with Crippen LogP contribution in [0.4, 0.5) is 0 Å². The van der Waals surface area contributed by atoms with E-state index in [0.29, 0.717) is 23.5 Å². The maximum absolute atomic E-state index is 12.3. The van der Waals surface area contributed by atoms with Crippen molar-refractivity contribution in [3.8, 4) is 11.5 Å². The van der Waals surface area contributed by atoms with Crippen LogP contribution in [0.3, 0.4) is 0 Å². The van der Waals surface area contributed by atoms with Crippen molar-refractivity contribution in [1.82, 2.24) is 5.32 Å². The number of carbonyl (C=O) groups excluding carboxylic acids is 3. The molecule has 2 aromatic carbocycles. The fourth-order valence-electron chi connectivity index (χ4n) is 3.03. The third kappa shape index (κ3) is 6.34. The van der Waals surface area contributed by atoms with Crippen LogP contribution in [-0.4, -0.2) is 38.5 Å². The lowest BCUT2D eigenvalue weighted by atomic mass is 10.0. The highest BCUT2D eigenvalue weighted by atomic mass is 16.5. The molecule has 0 radical (unpaired) electrons. The molecule has 0 unspecified atom stereocenters. The van der Waals surface area contributed by atoms with Gasteiger partial charge < -0.3 is 19.5 Å². The summed E-state index contributed by atoms with van der Waals surface area (Å²) in [5.41, 5.74) is 2.14. The van der Waals surface area contributed by atoms with E-state index in [-0.39, 0.29) is 30.8 Å². The lowest BCUT2D eigenvalue weighted by Crippen LogP contribution is -2.23. The molecular formula is C23H27NO6. The summed E-state index contributed by atoms with van der Waals surface area (Å²) in [5, 5.41) is 2.78. The fraction of sp³-hybridized carbons (Fsp3) is 0.348. The molecule has 0 aliphatic heterocycles. The van der Waals surface area contributed by atoms with Crippen LogP contribution in [0, 0.1) is 0 Å². The van der Waals surface area contributed by atoms with Crippen molar-refractivity contribution in [2.75, 3.05) is 20.8 Å². The van der Waals surface area contributed by atoms with Gasteiger partial charge in [0.2, 0.25) is 5.91 Å². The standard InChI is InChI=1S/C23H27NO6/c1-15(24-16(2)25)17-8-10-18(11-9-17)20(26)14-30-22(27)13-12-19-6-5-7-21(28-3)23(19)29-4/h5-11,15H,12-14H2,1-4H3,(H,24,25)/t15-/m1/s1. The number of ether oxygens (including phenoxy) is 3. The van der Waals surface area contributed by atoms with E-state index in [1.807, 2.05) is 19.1 Å². The van der Waals surface area contributed by atoms with Crippen molar-refractivity contribution >= 4 is 17.7 Å². The number of hydrogen-bond acceptors (Lipinski definition) is 6. The minimum Gasteiger partial charge on any atom is -0.493 e. The van der Waals surface area contributed by atoms with Gasteiger partial charge in [0, 0.05) is 18.9 Å². The number of methoxy groups -OCH3 is 2. The number of nitrogens with one attached hydrogen (secondary N) is 1. The molecule has 0 saturated carbocycles. The van der Waals surface area contributed by atoms with Crippen LogP contribution in [0.25, 0.3) is 0 Å². The van der Waals surface area contributed by atoms with Gasteiger partial charge in [0.15, 0.2) is 23.9 Å². The average molecular weight is 413 g/mol. The number of ketones is 1. The van der Waals surface area contributed by atoms with Gasteiger partial charge in [-0.25, -0.2) is 0 Å². The van der Waals surface area contributed by atoms with Gasteiger partial charge in [0.25, 0.3) is 0 Å². The van der Waals surface area contributed by atoms with Gasteiger partial charge in [-0.2, -0.15) is 0 Å². The second-order valence-electron chi connectivity index (χ2n) is 6.78. The zero-order valence-corrected chi connectivity index (χ0v) is 17.7. The molecule has 0 spiro atoms. The summed E-state index contributed by atoms with van der Waals surface area (Å²) in [7, 11) is 3.09. The Balaban J connectivity index is 1.86. The molecule has 2 rings (SSSR count). The van der Waals surface area contributed by atoms with Crippen LogP contribution in [0.2, 0.25) is 0 Å². The van der Waals surface area contributed by atoms with Gasteiger partial charge in [-0.15, -0.1) is 0 Å². The lowest BCUT2D eigenvalue weighted by molar-refractivity contribution is -0.142. The van der Waals surface area contributed by atoms with Crippen molar-refractivity contribution in [2.45, 2.75) is 32.7 Å². The van der Waals surface area contributed by atoms with Gasteiger partial charge in [-0.05, 0) is 30.5 Å². The van der Waals surface area contributed by atoms with Gasteiger partial charge in [-0.1, -0.05) is 36.4 Å². The Hall–Kier alpha value is -3.35. The van der Waals surface area contributed by atoms with E-state index in [2.05, 4.69) is 5.32 Å². The molecule has 7 heteroatoms. The monoisotopic (exact) mass is 413 g/mol. The first-order valence-corrected chi connectivity index (χ1v) is 9.61. The van der Waals surface area contributed by atoms with E-state index in [0.717, 1.165) is 11.1 Å². The number of para-hydroxylation sites is 1. The highest BCUT2D eigenvalue weighted by Crippen LogP contribution is 2.31. The predicted molar refractivity (Wildman–Crippen MR) is 112 cm³/mol. The molecular weight excluding hydrogens is 386 g/mol. The number of esters is 1. The molecule has 7 nitrogen and oxygen atoms in total. The summed E-state index contributed by atoms with van der Waals surface area (Å²) in [4.78, 5) is 35.5. The molecule has 0 heterocycles.